The molecule has 0 amide bonds. The van der Waals surface area contributed by atoms with Gasteiger partial charge in [0.25, 0.3) is 25.2 Å². The molecule has 8 rings (SSSR count). The fourth-order valence-electron chi connectivity index (χ4n) is 6.68. The summed E-state index contributed by atoms with van der Waals surface area (Å²) in [5, 5.41) is 5.65. The molecule has 5 aromatic rings. The molecule has 0 saturated carbocycles. The van der Waals surface area contributed by atoms with Crippen molar-refractivity contribution in [3.63, 3.8) is 0 Å². The fourth-order valence-corrected chi connectivity index (χ4v) is 11.5. The zero-order valence-electron chi connectivity index (χ0n) is 26.9. The standard InChI is InChI=1S/C36H35N7Si3/c1-44(2)37-28-18-13-19-29(34(28)40-44)43(30-22-20-26(24-14-9-7-10-15-24)32-35(30)41-45(3,4)38-32)31-23-21-27(25-16-11-8-12-17-25)33-36(31)42-46(5,6)39-33/h7-23H,1-6H3. The third-order valence-electron chi connectivity index (χ3n) is 8.47. The molecule has 0 radical (unpaired) electrons. The highest BCUT2D eigenvalue weighted by Gasteiger charge is 2.32. The van der Waals surface area contributed by atoms with Crippen LogP contribution in [0.2, 0.25) is 39.3 Å². The lowest BCUT2D eigenvalue weighted by atomic mass is 10.0. The van der Waals surface area contributed by atoms with Gasteiger partial charge in [0.05, 0.1) is 49.2 Å². The SMILES string of the molecule is C[Si]1(C)N=c2cccc(N(c3ccc(-c4ccccc4)c4c3=N[Si](C)(C)N=4)c3ccc(-c4ccccc4)c4c3=N[Si](C)(C)N=4)c2=N1. The van der Waals surface area contributed by atoms with Crippen LogP contribution in [-0.2, 0) is 0 Å². The largest absolute Gasteiger partial charge is 0.304 e. The molecule has 3 heterocycles. The van der Waals surface area contributed by atoms with Gasteiger partial charge in [0.2, 0.25) is 0 Å². The van der Waals surface area contributed by atoms with Gasteiger partial charge in [-0.25, -0.2) is 0 Å². The van der Waals surface area contributed by atoms with E-state index in [9.17, 15) is 0 Å². The van der Waals surface area contributed by atoms with E-state index in [2.05, 4.69) is 147 Å². The molecule has 7 nitrogen and oxygen atoms in total. The Morgan fingerprint density at radius 1 is 0.370 bits per heavy atom. The number of hydrogen-bond acceptors (Lipinski definition) is 7. The van der Waals surface area contributed by atoms with Crippen LogP contribution in [0.3, 0.4) is 0 Å². The highest BCUT2D eigenvalue weighted by atomic mass is 28.4. The summed E-state index contributed by atoms with van der Waals surface area (Å²) >= 11 is 0. The molecule has 0 bridgehead atoms. The topological polar surface area (TPSA) is 77.4 Å². The van der Waals surface area contributed by atoms with Gasteiger partial charge in [-0.05, 0) is 74.7 Å². The summed E-state index contributed by atoms with van der Waals surface area (Å²) in [6.07, 6.45) is 0. The molecule has 3 aliphatic heterocycles. The lowest BCUT2D eigenvalue weighted by Gasteiger charge is -2.26. The van der Waals surface area contributed by atoms with Crippen LogP contribution < -0.4 is 37.0 Å². The molecule has 10 heteroatoms. The smallest absolute Gasteiger partial charge is 0.298 e. The molecule has 46 heavy (non-hydrogen) atoms. The minimum atomic E-state index is -2.28. The lowest BCUT2D eigenvalue weighted by Crippen LogP contribution is -2.38. The van der Waals surface area contributed by atoms with Crippen molar-refractivity contribution in [3.8, 4) is 22.3 Å². The minimum Gasteiger partial charge on any atom is -0.304 e. The van der Waals surface area contributed by atoms with Crippen LogP contribution in [0.5, 0.6) is 0 Å². The molecule has 0 aromatic heterocycles. The van der Waals surface area contributed by atoms with E-state index in [0.717, 1.165) is 71.5 Å². The minimum absolute atomic E-state index is 0.925. The molecule has 5 aromatic carbocycles. The van der Waals surface area contributed by atoms with Crippen LogP contribution in [0.1, 0.15) is 0 Å². The van der Waals surface area contributed by atoms with Crippen molar-refractivity contribution in [1.29, 1.82) is 0 Å². The first-order valence-corrected chi connectivity index (χ1v) is 24.4. The van der Waals surface area contributed by atoms with Gasteiger partial charge < -0.3 is 4.90 Å². The predicted octanol–water partition coefficient (Wildman–Crippen LogP) is 5.35. The van der Waals surface area contributed by atoms with Gasteiger partial charge in [0, 0.05) is 11.1 Å². The summed E-state index contributed by atoms with van der Waals surface area (Å²) < 4.78 is 31.8. The Balaban J connectivity index is 1.48. The van der Waals surface area contributed by atoms with Gasteiger partial charge in [-0.15, -0.1) is 0 Å². The number of hydrogen-bond donors (Lipinski definition) is 0. The van der Waals surface area contributed by atoms with Crippen LogP contribution in [-0.4, -0.2) is 25.2 Å². The summed E-state index contributed by atoms with van der Waals surface area (Å²) in [4.78, 5) is 2.32. The maximum absolute atomic E-state index is 5.39. The van der Waals surface area contributed by atoms with Crippen LogP contribution in [0.4, 0.5) is 17.1 Å². The summed E-state index contributed by atoms with van der Waals surface area (Å²) in [5.41, 5.74) is 7.41. The number of fused-ring (bicyclic) bond motifs is 3. The summed E-state index contributed by atoms with van der Waals surface area (Å²) in [6, 6.07) is 36.1. The lowest BCUT2D eigenvalue weighted by molar-refractivity contribution is 1.17. The summed E-state index contributed by atoms with van der Waals surface area (Å²) in [7, 11) is -6.71. The summed E-state index contributed by atoms with van der Waals surface area (Å²) in [5.74, 6) is 0. The fraction of sp³-hybridized carbons (Fsp3) is 0.167. The van der Waals surface area contributed by atoms with Gasteiger partial charge in [0.1, 0.15) is 0 Å². The molecule has 0 fully saturated rings. The molecule has 0 spiro atoms. The van der Waals surface area contributed by atoms with Gasteiger partial charge in [-0.2, -0.15) is 0 Å². The second-order valence-corrected chi connectivity index (χ2v) is 23.8. The van der Waals surface area contributed by atoms with Crippen molar-refractivity contribution < 1.29 is 0 Å². The highest BCUT2D eigenvalue weighted by Crippen LogP contribution is 2.31. The Morgan fingerprint density at radius 3 is 1.28 bits per heavy atom. The van der Waals surface area contributed by atoms with E-state index in [1.807, 2.05) is 0 Å². The van der Waals surface area contributed by atoms with Crippen molar-refractivity contribution in [3.05, 3.63) is 135 Å². The van der Waals surface area contributed by atoms with E-state index < -0.39 is 25.2 Å². The maximum atomic E-state index is 5.39. The molecule has 0 aliphatic carbocycles. The number of anilines is 3. The van der Waals surface area contributed by atoms with Gasteiger partial charge in [-0.3, -0.25) is 27.9 Å². The molecule has 226 valence electrons. The first kappa shape index (κ1) is 28.8. The Kier molecular flexibility index (Phi) is 6.37. The molecule has 0 saturated heterocycles. The Hall–Kier alpha value is -4.65. The molecule has 0 unspecified atom stereocenters. The molecule has 3 aliphatic rings. The van der Waals surface area contributed by atoms with Crippen LogP contribution in [0, 0.1) is 0 Å². The van der Waals surface area contributed by atoms with Gasteiger partial charge >= 0.3 is 0 Å². The normalized spacial score (nSPS) is 17.2. The number of rotatable bonds is 5. The van der Waals surface area contributed by atoms with E-state index in [-0.39, 0.29) is 0 Å². The Labute approximate surface area is 271 Å². The monoisotopic (exact) mass is 649 g/mol. The average Bonchev–Trinajstić information content (AvgIpc) is 3.65. The number of nitrogens with zero attached hydrogens (tertiary/aromatic N) is 7. The van der Waals surface area contributed by atoms with Crippen LogP contribution in [0.25, 0.3) is 22.3 Å². The first-order valence-electron chi connectivity index (χ1n) is 15.7. The summed E-state index contributed by atoms with van der Waals surface area (Å²) in [6.45, 7) is 13.2. The first-order chi connectivity index (χ1) is 22.0. The zero-order chi connectivity index (χ0) is 31.8. The van der Waals surface area contributed by atoms with E-state index in [1.54, 1.807) is 0 Å². The second-order valence-electron chi connectivity index (χ2n) is 13.5. The van der Waals surface area contributed by atoms with Crippen molar-refractivity contribution in [2.45, 2.75) is 39.3 Å². The quantitative estimate of drug-likeness (QED) is 0.237. The van der Waals surface area contributed by atoms with E-state index in [4.69, 9.17) is 27.9 Å². The number of benzene rings is 5. The van der Waals surface area contributed by atoms with Gasteiger partial charge in [-0.1, -0.05) is 78.9 Å². The van der Waals surface area contributed by atoms with Crippen molar-refractivity contribution in [2.24, 2.45) is 27.9 Å². The predicted molar refractivity (Wildman–Crippen MR) is 191 cm³/mol. The van der Waals surface area contributed by atoms with E-state index in [1.165, 1.54) is 0 Å². The molecule has 0 atom stereocenters. The second kappa shape index (κ2) is 10.2. The Bertz CT molecular complexity index is 2330. The van der Waals surface area contributed by atoms with Crippen molar-refractivity contribution >= 4 is 42.3 Å². The molecular formula is C36H35N7Si3. The Morgan fingerprint density at radius 2 is 0.783 bits per heavy atom. The molecular weight excluding hydrogens is 615 g/mol. The van der Waals surface area contributed by atoms with Crippen molar-refractivity contribution in [2.75, 3.05) is 4.90 Å². The third kappa shape index (κ3) is 4.84. The third-order valence-corrected chi connectivity index (χ3v) is 13.1. The average molecular weight is 650 g/mol. The highest BCUT2D eigenvalue weighted by molar-refractivity contribution is 6.75. The van der Waals surface area contributed by atoms with E-state index in [0.29, 0.717) is 0 Å². The van der Waals surface area contributed by atoms with Crippen molar-refractivity contribution in [1.82, 2.24) is 0 Å². The van der Waals surface area contributed by atoms with Crippen LogP contribution >= 0.6 is 0 Å². The van der Waals surface area contributed by atoms with Crippen LogP contribution in [0.15, 0.2) is 131 Å². The van der Waals surface area contributed by atoms with E-state index >= 15 is 0 Å². The zero-order valence-corrected chi connectivity index (χ0v) is 29.9. The molecule has 0 N–H and O–H groups in total. The maximum Gasteiger partial charge on any atom is 0.298 e. The van der Waals surface area contributed by atoms with Gasteiger partial charge in [0.15, 0.2) is 0 Å².